The van der Waals surface area contributed by atoms with Gasteiger partial charge in [0.25, 0.3) is 0 Å². The van der Waals surface area contributed by atoms with Crippen molar-refractivity contribution in [2.45, 2.75) is 19.4 Å². The number of nitrogens with one attached hydrogen (secondary N) is 1. The largest absolute Gasteiger partial charge is 0.497 e. The van der Waals surface area contributed by atoms with E-state index in [1.54, 1.807) is 7.11 Å². The maximum atomic E-state index is 12.8. The highest BCUT2D eigenvalue weighted by atomic mass is 32.1. The van der Waals surface area contributed by atoms with E-state index in [-0.39, 0.29) is 12.0 Å². The van der Waals surface area contributed by atoms with E-state index in [2.05, 4.69) is 20.5 Å². The van der Waals surface area contributed by atoms with E-state index in [0.29, 0.717) is 37.1 Å². The molecule has 3 heterocycles. The summed E-state index contributed by atoms with van der Waals surface area (Å²) in [6.45, 7) is 3.42. The van der Waals surface area contributed by atoms with Crippen LogP contribution in [0.4, 0.5) is 10.9 Å². The summed E-state index contributed by atoms with van der Waals surface area (Å²) >= 11 is 1.47. The third kappa shape index (κ3) is 4.92. The van der Waals surface area contributed by atoms with Crippen LogP contribution in [0.5, 0.6) is 5.75 Å². The summed E-state index contributed by atoms with van der Waals surface area (Å²) in [5.41, 5.74) is 1.71. The molecule has 0 bridgehead atoms. The summed E-state index contributed by atoms with van der Waals surface area (Å²) in [6, 6.07) is 13.3. The van der Waals surface area contributed by atoms with Gasteiger partial charge in [0.05, 0.1) is 32.4 Å². The molecular formula is C21H23N5O3S. The Morgan fingerprint density at radius 1 is 1.30 bits per heavy atom. The molecule has 1 N–H and O–H groups in total. The van der Waals surface area contributed by atoms with E-state index in [1.165, 1.54) is 11.3 Å². The Labute approximate surface area is 178 Å². The van der Waals surface area contributed by atoms with Gasteiger partial charge in [0, 0.05) is 6.54 Å². The summed E-state index contributed by atoms with van der Waals surface area (Å²) in [6.07, 6.45) is 0.0564. The molecule has 0 aliphatic carbocycles. The number of carbonyl (C=O) groups excluding carboxylic acids is 1. The number of rotatable bonds is 6. The molecule has 0 radical (unpaired) electrons. The van der Waals surface area contributed by atoms with Crippen LogP contribution in [0.1, 0.15) is 22.4 Å². The average Bonchev–Trinajstić information content (AvgIpc) is 3.18. The normalized spacial score (nSPS) is 16.3. The zero-order valence-electron chi connectivity index (χ0n) is 16.9. The second kappa shape index (κ2) is 9.19. The number of methoxy groups -OCH3 is 1. The Morgan fingerprint density at radius 2 is 2.17 bits per heavy atom. The number of anilines is 2. The number of aryl methyl sites for hydroxylation is 1. The van der Waals surface area contributed by atoms with Gasteiger partial charge in [0.1, 0.15) is 22.7 Å². The van der Waals surface area contributed by atoms with Crippen molar-refractivity contribution in [2.24, 2.45) is 0 Å². The second-order valence-corrected chi connectivity index (χ2v) is 8.11. The topological polar surface area (TPSA) is 89.5 Å². The van der Waals surface area contributed by atoms with E-state index < -0.39 is 0 Å². The van der Waals surface area contributed by atoms with Gasteiger partial charge < -0.3 is 19.7 Å². The number of benzene rings is 1. The molecule has 0 unspecified atom stereocenters. The van der Waals surface area contributed by atoms with Crippen molar-refractivity contribution in [2.75, 3.05) is 32.1 Å². The molecule has 1 aliphatic rings. The molecule has 8 nitrogen and oxygen atoms in total. The van der Waals surface area contributed by atoms with Crippen LogP contribution in [-0.2, 0) is 16.0 Å². The van der Waals surface area contributed by atoms with E-state index in [4.69, 9.17) is 9.47 Å². The minimum absolute atomic E-state index is 0.0650. The van der Waals surface area contributed by atoms with Gasteiger partial charge in [-0.15, -0.1) is 10.2 Å². The lowest BCUT2D eigenvalue weighted by molar-refractivity contribution is -0.138. The molecule has 1 fully saturated rings. The average molecular weight is 426 g/mol. The quantitative estimate of drug-likeness (QED) is 0.649. The van der Waals surface area contributed by atoms with E-state index in [9.17, 15) is 4.79 Å². The number of hydrogen-bond acceptors (Lipinski definition) is 8. The first kappa shape index (κ1) is 20.2. The third-order valence-corrected chi connectivity index (χ3v) is 5.52. The molecule has 2 aromatic heterocycles. The van der Waals surface area contributed by atoms with Crippen molar-refractivity contribution < 1.29 is 14.3 Å². The second-order valence-electron chi connectivity index (χ2n) is 6.93. The number of amides is 1. The van der Waals surface area contributed by atoms with Crippen LogP contribution in [0.25, 0.3) is 0 Å². The lowest BCUT2D eigenvalue weighted by atomic mass is 10.1. The number of carbonyl (C=O) groups is 1. The lowest BCUT2D eigenvalue weighted by Gasteiger charge is -2.33. The molecule has 0 spiro atoms. The highest BCUT2D eigenvalue weighted by Gasteiger charge is 2.26. The molecule has 0 saturated carbocycles. The molecule has 4 rings (SSSR count). The summed E-state index contributed by atoms with van der Waals surface area (Å²) in [5.74, 6) is 1.49. The predicted molar refractivity (Wildman–Crippen MR) is 114 cm³/mol. The van der Waals surface area contributed by atoms with Gasteiger partial charge in [-0.2, -0.15) is 0 Å². The lowest BCUT2D eigenvalue weighted by Crippen LogP contribution is -2.43. The van der Waals surface area contributed by atoms with Crippen molar-refractivity contribution in [1.29, 1.82) is 0 Å². The van der Waals surface area contributed by atoms with Gasteiger partial charge in [-0.25, -0.2) is 4.98 Å². The van der Waals surface area contributed by atoms with Crippen LogP contribution in [0.3, 0.4) is 0 Å². The van der Waals surface area contributed by atoms with Crippen molar-refractivity contribution in [1.82, 2.24) is 20.1 Å². The van der Waals surface area contributed by atoms with Gasteiger partial charge in [0.15, 0.2) is 0 Å². The first-order valence-electron chi connectivity index (χ1n) is 9.67. The molecule has 1 aliphatic heterocycles. The molecule has 1 saturated heterocycles. The van der Waals surface area contributed by atoms with Crippen molar-refractivity contribution >= 4 is 28.2 Å². The first-order chi connectivity index (χ1) is 14.6. The van der Waals surface area contributed by atoms with Gasteiger partial charge in [0.2, 0.25) is 11.0 Å². The number of nitrogens with zero attached hydrogens (tertiary/aromatic N) is 4. The van der Waals surface area contributed by atoms with Crippen LogP contribution in [0.15, 0.2) is 42.5 Å². The SMILES string of the molecule is COc1cccc(CC(=O)N2CCO[C@H](c3cccc(Nc4nnc(C)s4)n3)C2)c1. The van der Waals surface area contributed by atoms with Crippen LogP contribution in [-0.4, -0.2) is 52.8 Å². The molecule has 30 heavy (non-hydrogen) atoms. The van der Waals surface area contributed by atoms with Gasteiger partial charge >= 0.3 is 0 Å². The number of aromatic nitrogens is 3. The number of ether oxygens (including phenoxy) is 2. The molecular weight excluding hydrogens is 402 g/mol. The third-order valence-electron chi connectivity index (χ3n) is 4.77. The smallest absolute Gasteiger partial charge is 0.227 e. The predicted octanol–water partition coefficient (Wildman–Crippen LogP) is 3.14. The Kier molecular flexibility index (Phi) is 6.20. The molecule has 3 aromatic rings. The minimum atomic E-state index is -0.272. The van der Waals surface area contributed by atoms with E-state index in [1.807, 2.05) is 54.3 Å². The molecule has 156 valence electrons. The standard InChI is InChI=1S/C21H23N5O3S/c1-14-24-25-21(30-14)23-19-8-4-7-17(22-19)18-13-26(9-10-29-18)20(27)12-15-5-3-6-16(11-15)28-2/h3-8,11,18H,9-10,12-13H2,1-2H3,(H,22,23,25)/t18-/m0/s1. The van der Waals surface area contributed by atoms with Gasteiger partial charge in [-0.1, -0.05) is 29.5 Å². The van der Waals surface area contributed by atoms with Crippen LogP contribution < -0.4 is 10.1 Å². The number of pyridine rings is 1. The Balaban J connectivity index is 1.42. The fourth-order valence-corrected chi connectivity index (χ4v) is 3.88. The highest BCUT2D eigenvalue weighted by molar-refractivity contribution is 7.15. The number of hydrogen-bond donors (Lipinski definition) is 1. The summed E-state index contributed by atoms with van der Waals surface area (Å²) in [7, 11) is 1.62. The molecule has 9 heteroatoms. The van der Waals surface area contributed by atoms with Gasteiger partial charge in [-0.3, -0.25) is 4.79 Å². The van der Waals surface area contributed by atoms with E-state index >= 15 is 0 Å². The van der Waals surface area contributed by atoms with Crippen LogP contribution >= 0.6 is 11.3 Å². The fourth-order valence-electron chi connectivity index (χ4n) is 3.28. The van der Waals surface area contributed by atoms with Crippen molar-refractivity contribution in [3.05, 3.63) is 58.7 Å². The summed E-state index contributed by atoms with van der Waals surface area (Å²) < 4.78 is 11.2. The minimum Gasteiger partial charge on any atom is -0.497 e. The maximum Gasteiger partial charge on any atom is 0.227 e. The number of morpholine rings is 1. The monoisotopic (exact) mass is 425 g/mol. The van der Waals surface area contributed by atoms with Crippen molar-refractivity contribution in [3.8, 4) is 5.75 Å². The zero-order chi connectivity index (χ0) is 20.9. The van der Waals surface area contributed by atoms with Gasteiger partial charge in [-0.05, 0) is 36.8 Å². The maximum absolute atomic E-state index is 12.8. The fraction of sp³-hybridized carbons (Fsp3) is 0.333. The zero-order valence-corrected chi connectivity index (χ0v) is 17.7. The molecule has 1 amide bonds. The molecule has 1 aromatic carbocycles. The Morgan fingerprint density at radius 3 is 2.97 bits per heavy atom. The highest BCUT2D eigenvalue weighted by Crippen LogP contribution is 2.25. The van der Waals surface area contributed by atoms with Crippen LogP contribution in [0, 0.1) is 6.92 Å². The summed E-state index contributed by atoms with van der Waals surface area (Å²) in [4.78, 5) is 19.3. The summed E-state index contributed by atoms with van der Waals surface area (Å²) in [5, 5.41) is 12.8. The van der Waals surface area contributed by atoms with E-state index in [0.717, 1.165) is 22.0 Å². The Hall–Kier alpha value is -3.04. The molecule has 1 atom stereocenters. The van der Waals surface area contributed by atoms with Crippen LogP contribution in [0.2, 0.25) is 0 Å². The van der Waals surface area contributed by atoms with Crippen molar-refractivity contribution in [3.63, 3.8) is 0 Å². The Bertz CT molecular complexity index is 1030. The first-order valence-corrected chi connectivity index (χ1v) is 10.5.